The van der Waals surface area contributed by atoms with Crippen LogP contribution in [0, 0.1) is 0 Å². The van der Waals surface area contributed by atoms with Crippen molar-refractivity contribution in [1.82, 2.24) is 5.32 Å². The van der Waals surface area contributed by atoms with Crippen molar-refractivity contribution in [2.24, 2.45) is 4.99 Å². The fraction of sp³-hybridized carbons (Fsp3) is 0.650. The Morgan fingerprint density at radius 2 is 2.00 bits per heavy atom. The molecule has 0 amide bonds. The molecule has 0 aromatic heterocycles. The van der Waals surface area contributed by atoms with Crippen molar-refractivity contribution in [3.05, 3.63) is 18.2 Å². The van der Waals surface area contributed by atoms with Gasteiger partial charge in [0.15, 0.2) is 17.5 Å². The molecule has 1 aromatic carbocycles. The summed E-state index contributed by atoms with van der Waals surface area (Å²) in [6, 6.07) is 5.75. The summed E-state index contributed by atoms with van der Waals surface area (Å²) in [5, 5.41) is 6.60. The minimum Gasteiger partial charge on any atom is -0.493 e. The molecule has 1 aliphatic carbocycles. The Balaban J connectivity index is 1.73. The van der Waals surface area contributed by atoms with Crippen LogP contribution in [0.4, 0.5) is 5.69 Å². The smallest absolute Gasteiger partial charge is 0.195 e. The lowest BCUT2D eigenvalue weighted by molar-refractivity contribution is 0.0277. The quantitative estimate of drug-likeness (QED) is 0.397. The zero-order chi connectivity index (χ0) is 18.6. The number of nitrogens with zero attached hydrogens (tertiary/aromatic N) is 1. The average Bonchev–Trinajstić information content (AvgIpc) is 2.68. The second-order valence-corrected chi connectivity index (χ2v) is 6.41. The molecule has 0 spiro atoms. The molecule has 6 heteroatoms. The largest absolute Gasteiger partial charge is 0.493 e. The summed E-state index contributed by atoms with van der Waals surface area (Å²) >= 11 is 0. The molecule has 2 rings (SSSR count). The van der Waals surface area contributed by atoms with Crippen LogP contribution in [0.5, 0.6) is 11.5 Å². The van der Waals surface area contributed by atoms with Gasteiger partial charge in [-0.1, -0.05) is 19.3 Å². The fourth-order valence-electron chi connectivity index (χ4n) is 3.10. The summed E-state index contributed by atoms with van der Waals surface area (Å²) in [5.41, 5.74) is 0.904. The highest BCUT2D eigenvalue weighted by molar-refractivity contribution is 5.93. The van der Waals surface area contributed by atoms with Crippen LogP contribution < -0.4 is 20.1 Å². The Morgan fingerprint density at radius 1 is 1.19 bits per heavy atom. The van der Waals surface area contributed by atoms with Crippen molar-refractivity contribution in [2.75, 3.05) is 39.2 Å². The highest BCUT2D eigenvalue weighted by Crippen LogP contribution is 2.30. The number of anilines is 1. The van der Waals surface area contributed by atoms with E-state index >= 15 is 0 Å². The molecule has 1 fully saturated rings. The van der Waals surface area contributed by atoms with E-state index in [1.54, 1.807) is 14.2 Å². The summed E-state index contributed by atoms with van der Waals surface area (Å²) in [6.07, 6.45) is 7.85. The van der Waals surface area contributed by atoms with E-state index in [4.69, 9.17) is 14.2 Å². The lowest BCUT2D eigenvalue weighted by Gasteiger charge is -2.22. The summed E-state index contributed by atoms with van der Waals surface area (Å²) < 4.78 is 16.9. The molecule has 0 heterocycles. The first-order valence-corrected chi connectivity index (χ1v) is 9.67. The predicted octanol–water partition coefficient (Wildman–Crippen LogP) is 3.82. The van der Waals surface area contributed by atoms with Crippen molar-refractivity contribution in [3.8, 4) is 11.5 Å². The van der Waals surface area contributed by atoms with Gasteiger partial charge in [0.05, 0.1) is 19.8 Å². The van der Waals surface area contributed by atoms with Gasteiger partial charge in [-0.15, -0.1) is 0 Å². The third-order valence-corrected chi connectivity index (χ3v) is 4.47. The Labute approximate surface area is 157 Å². The fourth-order valence-corrected chi connectivity index (χ4v) is 3.10. The first kappa shape index (κ1) is 20.4. The maximum absolute atomic E-state index is 5.95. The maximum Gasteiger partial charge on any atom is 0.195 e. The van der Waals surface area contributed by atoms with Crippen molar-refractivity contribution in [1.29, 1.82) is 0 Å². The van der Waals surface area contributed by atoms with Gasteiger partial charge in [0.1, 0.15) is 0 Å². The third-order valence-electron chi connectivity index (χ3n) is 4.47. The molecule has 1 saturated carbocycles. The standard InChI is InChI=1S/C20H33N3O3/c1-4-25-19-15-16(11-12-18(19)24-3)23-20(21-2)22-13-8-14-26-17-9-6-5-7-10-17/h11-12,15,17H,4-10,13-14H2,1-3H3,(H2,21,22,23). The molecule has 0 aliphatic heterocycles. The van der Waals surface area contributed by atoms with Crippen LogP contribution in [0.1, 0.15) is 45.4 Å². The summed E-state index contributed by atoms with van der Waals surface area (Å²) in [6.45, 7) is 4.16. The number of aliphatic imine (C=N–C) groups is 1. The molecule has 0 radical (unpaired) electrons. The molecule has 6 nitrogen and oxygen atoms in total. The molecule has 1 aliphatic rings. The SMILES string of the molecule is CCOc1cc(NC(=NC)NCCCOC2CCCCC2)ccc1OC. The van der Waals surface area contributed by atoms with E-state index in [9.17, 15) is 0 Å². The lowest BCUT2D eigenvalue weighted by Crippen LogP contribution is -2.32. The first-order valence-electron chi connectivity index (χ1n) is 9.67. The Kier molecular flexibility index (Phi) is 9.10. The van der Waals surface area contributed by atoms with Gasteiger partial charge >= 0.3 is 0 Å². The normalized spacial score (nSPS) is 15.6. The van der Waals surface area contributed by atoms with Crippen molar-refractivity contribution in [2.45, 2.75) is 51.6 Å². The number of rotatable bonds is 9. The summed E-state index contributed by atoms with van der Waals surface area (Å²) in [4.78, 5) is 4.27. The van der Waals surface area contributed by atoms with Gasteiger partial charge in [-0.2, -0.15) is 0 Å². The van der Waals surface area contributed by atoms with Crippen LogP contribution in [-0.4, -0.2) is 46.0 Å². The number of ether oxygens (including phenoxy) is 3. The summed E-state index contributed by atoms with van der Waals surface area (Å²) in [7, 11) is 3.40. The zero-order valence-corrected chi connectivity index (χ0v) is 16.3. The Morgan fingerprint density at radius 3 is 2.69 bits per heavy atom. The molecule has 2 N–H and O–H groups in total. The third kappa shape index (κ3) is 6.75. The van der Waals surface area contributed by atoms with E-state index in [-0.39, 0.29) is 0 Å². The highest BCUT2D eigenvalue weighted by atomic mass is 16.5. The first-order chi connectivity index (χ1) is 12.8. The van der Waals surface area contributed by atoms with Crippen LogP contribution >= 0.6 is 0 Å². The molecule has 0 unspecified atom stereocenters. The van der Waals surface area contributed by atoms with Crippen LogP contribution in [0.3, 0.4) is 0 Å². The van der Waals surface area contributed by atoms with Crippen LogP contribution in [-0.2, 0) is 4.74 Å². The molecular formula is C20H33N3O3. The van der Waals surface area contributed by atoms with E-state index < -0.39 is 0 Å². The molecule has 0 bridgehead atoms. The highest BCUT2D eigenvalue weighted by Gasteiger charge is 2.13. The number of methoxy groups -OCH3 is 1. The van der Waals surface area contributed by atoms with E-state index in [2.05, 4.69) is 15.6 Å². The number of nitrogens with one attached hydrogen (secondary N) is 2. The minimum atomic E-state index is 0.470. The second-order valence-electron chi connectivity index (χ2n) is 6.41. The van der Waals surface area contributed by atoms with Gasteiger partial charge in [0.25, 0.3) is 0 Å². The second kappa shape index (κ2) is 11.6. The lowest BCUT2D eigenvalue weighted by atomic mass is 9.98. The van der Waals surface area contributed by atoms with Crippen molar-refractivity contribution < 1.29 is 14.2 Å². The van der Waals surface area contributed by atoms with E-state index in [1.165, 1.54) is 32.1 Å². The van der Waals surface area contributed by atoms with Crippen molar-refractivity contribution in [3.63, 3.8) is 0 Å². The number of hydrogen-bond acceptors (Lipinski definition) is 4. The molecule has 0 saturated heterocycles. The van der Waals surface area contributed by atoms with Gasteiger partial charge in [0, 0.05) is 32.0 Å². The molecule has 146 valence electrons. The van der Waals surface area contributed by atoms with E-state index in [0.29, 0.717) is 12.7 Å². The minimum absolute atomic E-state index is 0.470. The Bertz CT molecular complexity index is 557. The van der Waals surface area contributed by atoms with Crippen LogP contribution in [0.2, 0.25) is 0 Å². The predicted molar refractivity (Wildman–Crippen MR) is 107 cm³/mol. The number of guanidine groups is 1. The summed E-state index contributed by atoms with van der Waals surface area (Å²) in [5.74, 6) is 2.17. The maximum atomic E-state index is 5.95. The average molecular weight is 364 g/mol. The van der Waals surface area contributed by atoms with Gasteiger partial charge in [-0.25, -0.2) is 0 Å². The Hall–Kier alpha value is -1.95. The van der Waals surface area contributed by atoms with Gasteiger partial charge in [-0.05, 0) is 38.3 Å². The molecule has 1 aromatic rings. The number of benzene rings is 1. The molecule has 0 atom stereocenters. The van der Waals surface area contributed by atoms with Crippen LogP contribution in [0.25, 0.3) is 0 Å². The van der Waals surface area contributed by atoms with Crippen LogP contribution in [0.15, 0.2) is 23.2 Å². The van der Waals surface area contributed by atoms with Gasteiger partial charge < -0.3 is 24.8 Å². The molecule has 26 heavy (non-hydrogen) atoms. The van der Waals surface area contributed by atoms with E-state index in [0.717, 1.165) is 42.7 Å². The van der Waals surface area contributed by atoms with E-state index in [1.807, 2.05) is 25.1 Å². The van der Waals surface area contributed by atoms with Gasteiger partial charge in [0.2, 0.25) is 0 Å². The number of hydrogen-bond donors (Lipinski definition) is 2. The topological polar surface area (TPSA) is 64.1 Å². The van der Waals surface area contributed by atoms with Crippen molar-refractivity contribution >= 4 is 11.6 Å². The molecular weight excluding hydrogens is 330 g/mol. The zero-order valence-electron chi connectivity index (χ0n) is 16.3. The van der Waals surface area contributed by atoms with Gasteiger partial charge in [-0.3, -0.25) is 4.99 Å². The monoisotopic (exact) mass is 363 g/mol.